The summed E-state index contributed by atoms with van der Waals surface area (Å²) in [6.45, 7) is 2.95. The highest BCUT2D eigenvalue weighted by Gasteiger charge is 2.35. The minimum absolute atomic E-state index is 0.276. The molecule has 2 aromatic carbocycles. The van der Waals surface area contributed by atoms with Crippen LogP contribution in [0.25, 0.3) is 0 Å². The average molecular weight is 303 g/mol. The van der Waals surface area contributed by atoms with Crippen LogP contribution in [0, 0.1) is 11.3 Å². The Kier molecular flexibility index (Phi) is 4.34. The summed E-state index contributed by atoms with van der Waals surface area (Å²) in [7, 11) is 0. The fraction of sp³-hybridized carbons (Fsp3) is 0.250. The van der Waals surface area contributed by atoms with E-state index < -0.39 is 5.41 Å². The lowest BCUT2D eigenvalue weighted by atomic mass is 9.73. The monoisotopic (exact) mass is 303 g/mol. The van der Waals surface area contributed by atoms with Crippen molar-refractivity contribution in [3.05, 3.63) is 84.2 Å². The van der Waals surface area contributed by atoms with E-state index >= 15 is 0 Å². The third kappa shape index (κ3) is 2.93. The quantitative estimate of drug-likeness (QED) is 0.917. The summed E-state index contributed by atoms with van der Waals surface area (Å²) < 4.78 is 0. The Morgan fingerprint density at radius 1 is 1.04 bits per heavy atom. The van der Waals surface area contributed by atoms with Gasteiger partial charge in [-0.1, -0.05) is 60.7 Å². The summed E-state index contributed by atoms with van der Waals surface area (Å²) in [5.41, 5.74) is 1.48. The molecule has 23 heavy (non-hydrogen) atoms. The number of hydrogen-bond donors (Lipinski definition) is 1. The van der Waals surface area contributed by atoms with Gasteiger partial charge in [-0.05, 0) is 24.5 Å². The lowest BCUT2D eigenvalue weighted by Gasteiger charge is -2.31. The van der Waals surface area contributed by atoms with Crippen LogP contribution in [0.1, 0.15) is 24.5 Å². The van der Waals surface area contributed by atoms with Crippen LogP contribution in [0.4, 0.5) is 0 Å². The zero-order valence-corrected chi connectivity index (χ0v) is 13.3. The second-order valence-electron chi connectivity index (χ2n) is 5.90. The number of nitriles is 1. The molecule has 1 N–H and O–H groups in total. The predicted octanol–water partition coefficient (Wildman–Crippen LogP) is 3.61. The molecule has 1 aliphatic rings. The first-order valence-corrected chi connectivity index (χ1v) is 7.97. The van der Waals surface area contributed by atoms with Crippen molar-refractivity contribution >= 4 is 0 Å². The molecule has 0 spiro atoms. The molecule has 1 atom stereocenters. The summed E-state index contributed by atoms with van der Waals surface area (Å²) in [4.78, 5) is 2.23. The Balaban J connectivity index is 1.96. The van der Waals surface area contributed by atoms with Crippen molar-refractivity contribution in [1.29, 1.82) is 5.26 Å². The van der Waals surface area contributed by atoms with Crippen LogP contribution in [0.5, 0.6) is 0 Å². The summed E-state index contributed by atoms with van der Waals surface area (Å²) in [6.07, 6.45) is 5.04. The van der Waals surface area contributed by atoms with E-state index in [0.717, 1.165) is 24.1 Å². The minimum Gasteiger partial charge on any atom is -0.370 e. The van der Waals surface area contributed by atoms with E-state index in [2.05, 4.69) is 53.7 Å². The molecule has 0 aromatic heterocycles. The molecule has 0 bridgehead atoms. The summed E-state index contributed by atoms with van der Waals surface area (Å²) >= 11 is 0. The Morgan fingerprint density at radius 3 is 2.04 bits per heavy atom. The van der Waals surface area contributed by atoms with Gasteiger partial charge in [-0.25, -0.2) is 0 Å². The largest absolute Gasteiger partial charge is 0.370 e. The van der Waals surface area contributed by atoms with E-state index in [1.807, 2.05) is 42.6 Å². The maximum atomic E-state index is 10.1. The van der Waals surface area contributed by atoms with Gasteiger partial charge >= 0.3 is 0 Å². The minimum atomic E-state index is -0.626. The molecule has 3 rings (SSSR count). The molecule has 0 amide bonds. The summed E-state index contributed by atoms with van der Waals surface area (Å²) in [6, 6.07) is 22.8. The van der Waals surface area contributed by atoms with Gasteiger partial charge in [-0.15, -0.1) is 0 Å². The maximum absolute atomic E-state index is 10.1. The topological polar surface area (TPSA) is 39.1 Å². The first kappa shape index (κ1) is 15.2. The smallest absolute Gasteiger partial charge is 0.109 e. The van der Waals surface area contributed by atoms with Gasteiger partial charge in [0.05, 0.1) is 12.2 Å². The first-order chi connectivity index (χ1) is 11.3. The lowest BCUT2D eigenvalue weighted by molar-refractivity contribution is 0.281. The van der Waals surface area contributed by atoms with E-state index in [-0.39, 0.29) is 6.17 Å². The van der Waals surface area contributed by atoms with Gasteiger partial charge in [0, 0.05) is 18.9 Å². The molecule has 2 aromatic rings. The highest BCUT2D eigenvalue weighted by atomic mass is 15.3. The first-order valence-electron chi connectivity index (χ1n) is 7.97. The van der Waals surface area contributed by atoms with Crippen molar-refractivity contribution in [3.63, 3.8) is 0 Å². The van der Waals surface area contributed by atoms with Crippen LogP contribution in [-0.2, 0) is 5.41 Å². The predicted molar refractivity (Wildman–Crippen MR) is 92.3 cm³/mol. The molecule has 116 valence electrons. The molecule has 0 saturated carbocycles. The van der Waals surface area contributed by atoms with Crippen LogP contribution in [0.2, 0.25) is 0 Å². The van der Waals surface area contributed by atoms with Crippen LogP contribution >= 0.6 is 0 Å². The highest BCUT2D eigenvalue weighted by Crippen LogP contribution is 2.35. The van der Waals surface area contributed by atoms with E-state index in [0.29, 0.717) is 0 Å². The number of benzene rings is 2. The SMILES string of the molecule is CC1NC=CN1CCC(C#N)(c1ccccc1)c1ccccc1. The third-order valence-electron chi connectivity index (χ3n) is 4.57. The third-order valence-corrected chi connectivity index (χ3v) is 4.57. The lowest BCUT2D eigenvalue weighted by Crippen LogP contribution is -2.37. The highest BCUT2D eigenvalue weighted by molar-refractivity contribution is 5.45. The van der Waals surface area contributed by atoms with Crippen molar-refractivity contribution in [2.24, 2.45) is 0 Å². The zero-order valence-electron chi connectivity index (χ0n) is 13.3. The fourth-order valence-electron chi connectivity index (χ4n) is 3.15. The summed E-state index contributed by atoms with van der Waals surface area (Å²) in [5, 5.41) is 13.4. The molecular formula is C20H21N3. The molecule has 1 aliphatic heterocycles. The van der Waals surface area contributed by atoms with Gasteiger partial charge in [-0.2, -0.15) is 5.26 Å². The van der Waals surface area contributed by atoms with Gasteiger partial charge in [0.1, 0.15) is 5.41 Å². The Morgan fingerprint density at radius 2 is 1.61 bits per heavy atom. The molecule has 3 heteroatoms. The van der Waals surface area contributed by atoms with Gasteiger partial charge in [-0.3, -0.25) is 0 Å². The Bertz CT molecular complexity index is 661. The molecule has 1 unspecified atom stereocenters. The van der Waals surface area contributed by atoms with Crippen LogP contribution < -0.4 is 5.32 Å². The standard InChI is InChI=1S/C20H21N3/c1-17-22-13-15-23(17)14-12-20(16-21,18-8-4-2-5-9-18)19-10-6-3-7-11-19/h2-11,13,15,17,22H,12,14H2,1H3. The van der Waals surface area contributed by atoms with Crippen LogP contribution in [-0.4, -0.2) is 17.6 Å². The second kappa shape index (κ2) is 6.58. The van der Waals surface area contributed by atoms with E-state index in [1.165, 1.54) is 0 Å². The molecule has 0 aliphatic carbocycles. The molecule has 0 saturated heterocycles. The Hall–Kier alpha value is -2.73. The van der Waals surface area contributed by atoms with E-state index in [1.54, 1.807) is 0 Å². The fourth-order valence-corrected chi connectivity index (χ4v) is 3.15. The molecule has 1 heterocycles. The zero-order chi connectivity index (χ0) is 16.1. The molecule has 0 fully saturated rings. The summed E-state index contributed by atoms with van der Waals surface area (Å²) in [5.74, 6) is 0. The number of rotatable bonds is 5. The Labute approximate surface area is 137 Å². The van der Waals surface area contributed by atoms with E-state index in [4.69, 9.17) is 0 Å². The van der Waals surface area contributed by atoms with E-state index in [9.17, 15) is 5.26 Å². The molecule has 0 radical (unpaired) electrons. The van der Waals surface area contributed by atoms with Crippen molar-refractivity contribution in [2.45, 2.75) is 24.9 Å². The van der Waals surface area contributed by atoms with Crippen molar-refractivity contribution < 1.29 is 0 Å². The van der Waals surface area contributed by atoms with Gasteiger partial charge in [0.25, 0.3) is 0 Å². The molecular weight excluding hydrogens is 282 g/mol. The van der Waals surface area contributed by atoms with Crippen molar-refractivity contribution in [1.82, 2.24) is 10.2 Å². The van der Waals surface area contributed by atoms with Gasteiger partial charge in [0.2, 0.25) is 0 Å². The normalized spacial score (nSPS) is 16.9. The number of hydrogen-bond acceptors (Lipinski definition) is 3. The van der Waals surface area contributed by atoms with Crippen molar-refractivity contribution in [3.8, 4) is 6.07 Å². The van der Waals surface area contributed by atoms with Crippen molar-refractivity contribution in [2.75, 3.05) is 6.54 Å². The maximum Gasteiger partial charge on any atom is 0.109 e. The average Bonchev–Trinajstić information content (AvgIpc) is 3.03. The van der Waals surface area contributed by atoms with Gasteiger partial charge in [0.15, 0.2) is 0 Å². The number of nitrogens with zero attached hydrogens (tertiary/aromatic N) is 2. The molecule has 3 nitrogen and oxygen atoms in total. The van der Waals surface area contributed by atoms with Crippen LogP contribution in [0.15, 0.2) is 73.1 Å². The van der Waals surface area contributed by atoms with Crippen LogP contribution in [0.3, 0.4) is 0 Å². The second-order valence-corrected chi connectivity index (χ2v) is 5.90. The number of nitrogens with one attached hydrogen (secondary N) is 1. The van der Waals surface area contributed by atoms with Gasteiger partial charge < -0.3 is 10.2 Å².